The molecule has 0 saturated heterocycles. The van der Waals surface area contributed by atoms with Crippen LogP contribution >= 0.6 is 15.6 Å². The molecule has 3 N–H and O–H groups in total. The largest absolute Gasteiger partial charge is 0.472 e. The van der Waals surface area contributed by atoms with E-state index < -0.39 is 97.5 Å². The maximum Gasteiger partial charge on any atom is 0.472 e. The van der Waals surface area contributed by atoms with Crippen LogP contribution in [0.5, 0.6) is 0 Å². The van der Waals surface area contributed by atoms with E-state index in [4.69, 9.17) is 37.0 Å². The molecule has 0 aliphatic heterocycles. The minimum atomic E-state index is -4.96. The van der Waals surface area contributed by atoms with E-state index >= 15 is 0 Å². The van der Waals surface area contributed by atoms with E-state index in [-0.39, 0.29) is 25.7 Å². The first kappa shape index (κ1) is 96.1. The van der Waals surface area contributed by atoms with Crippen LogP contribution in [0.2, 0.25) is 0 Å². The second-order valence-corrected chi connectivity index (χ2v) is 32.8. The minimum Gasteiger partial charge on any atom is -0.462 e. The normalized spacial score (nSPS) is 14.0. The Morgan fingerprint density at radius 3 is 0.694 bits per heavy atom. The zero-order valence-electron chi connectivity index (χ0n) is 64.3. The third-order valence-electron chi connectivity index (χ3n) is 18.4. The molecule has 0 spiro atoms. The Labute approximate surface area is 600 Å². The van der Waals surface area contributed by atoms with Crippen LogP contribution in [0.25, 0.3) is 0 Å². The molecule has 0 rings (SSSR count). The highest BCUT2D eigenvalue weighted by Gasteiger charge is 2.30. The second kappa shape index (κ2) is 69.4. The van der Waals surface area contributed by atoms with E-state index in [0.717, 1.165) is 108 Å². The quantitative estimate of drug-likeness (QED) is 0.0222. The molecule has 0 amide bonds. The van der Waals surface area contributed by atoms with E-state index in [9.17, 15) is 43.2 Å². The molecule has 17 nitrogen and oxygen atoms in total. The number of aliphatic hydroxyl groups is 1. The lowest BCUT2D eigenvalue weighted by Gasteiger charge is -2.21. The fraction of sp³-hybridized carbons (Fsp3) is 0.949. The number of rotatable bonds is 77. The Balaban J connectivity index is 5.23. The predicted octanol–water partition coefficient (Wildman–Crippen LogP) is 23.4. The summed E-state index contributed by atoms with van der Waals surface area (Å²) in [6.07, 6.45) is 56.9. The molecule has 0 saturated carbocycles. The number of unbranched alkanes of at least 4 members (excludes halogenated alkanes) is 45. The van der Waals surface area contributed by atoms with Crippen LogP contribution in [-0.4, -0.2) is 96.7 Å². The lowest BCUT2D eigenvalue weighted by Crippen LogP contribution is -2.30. The Kier molecular flexibility index (Phi) is 68.1. The molecule has 0 aromatic heterocycles. The van der Waals surface area contributed by atoms with Gasteiger partial charge in [-0.05, 0) is 43.4 Å². The summed E-state index contributed by atoms with van der Waals surface area (Å²) in [5.41, 5.74) is 0. The molecule has 0 radical (unpaired) electrons. The lowest BCUT2D eigenvalue weighted by atomic mass is 10.0. The van der Waals surface area contributed by atoms with Gasteiger partial charge in [0.15, 0.2) is 12.2 Å². The van der Waals surface area contributed by atoms with Gasteiger partial charge in [0.2, 0.25) is 0 Å². The van der Waals surface area contributed by atoms with Gasteiger partial charge in [0, 0.05) is 25.7 Å². The Hall–Kier alpha value is -1.94. The van der Waals surface area contributed by atoms with Crippen molar-refractivity contribution < 1.29 is 80.2 Å². The highest BCUT2D eigenvalue weighted by atomic mass is 31.2. The molecule has 0 aromatic rings. The molecule has 98 heavy (non-hydrogen) atoms. The number of ether oxygens (including phenoxy) is 4. The monoisotopic (exact) mass is 1440 g/mol. The zero-order valence-corrected chi connectivity index (χ0v) is 66.0. The number of carbonyl (C=O) groups is 4. The molecule has 0 bridgehead atoms. The molecular weight excluding hydrogens is 1280 g/mol. The first-order valence-electron chi connectivity index (χ1n) is 40.8. The first-order valence-corrected chi connectivity index (χ1v) is 43.8. The minimum absolute atomic E-state index is 0.105. The molecule has 2 unspecified atom stereocenters. The van der Waals surface area contributed by atoms with Crippen molar-refractivity contribution in [3.8, 4) is 0 Å². The number of esters is 4. The standard InChI is InChI=1S/C79H154O17P2/c1-8-9-10-11-12-13-24-31-39-46-53-60-76(81)89-67-75(96-79(84)63-56-49-42-35-34-38-45-52-59-72(6)7)69-94-98(87,88)92-65-73(80)64-91-97(85,86)93-68-74(66-90-77(82)61-54-47-40-32-27-22-19-18-21-26-30-37-44-51-58-71(4)5)95-78(83)62-55-48-41-33-28-23-17-15-14-16-20-25-29-36-43-50-57-70(2)3/h70-75,80H,8-69H2,1-7H3,(H,85,86)(H,87,88)/t73-,74-,75-/m1/s1. The van der Waals surface area contributed by atoms with Crippen molar-refractivity contribution in [2.75, 3.05) is 39.6 Å². The van der Waals surface area contributed by atoms with Crippen molar-refractivity contribution in [2.24, 2.45) is 17.8 Å². The molecule has 0 heterocycles. The maximum atomic E-state index is 13.1. The van der Waals surface area contributed by atoms with Gasteiger partial charge in [-0.25, -0.2) is 9.13 Å². The molecule has 0 fully saturated rings. The van der Waals surface area contributed by atoms with Crippen LogP contribution in [0.15, 0.2) is 0 Å². The second-order valence-electron chi connectivity index (χ2n) is 29.9. The van der Waals surface area contributed by atoms with Gasteiger partial charge in [-0.2, -0.15) is 0 Å². The topological polar surface area (TPSA) is 237 Å². The summed E-state index contributed by atoms with van der Waals surface area (Å²) in [6, 6.07) is 0. The molecule has 5 atom stereocenters. The summed E-state index contributed by atoms with van der Waals surface area (Å²) >= 11 is 0. The van der Waals surface area contributed by atoms with Gasteiger partial charge in [0.05, 0.1) is 26.4 Å². The average Bonchev–Trinajstić information content (AvgIpc) is 0.981. The fourth-order valence-electron chi connectivity index (χ4n) is 12.1. The Morgan fingerprint density at radius 2 is 0.469 bits per heavy atom. The van der Waals surface area contributed by atoms with Crippen LogP contribution in [0.3, 0.4) is 0 Å². The van der Waals surface area contributed by atoms with Crippen molar-refractivity contribution in [3.63, 3.8) is 0 Å². The summed E-state index contributed by atoms with van der Waals surface area (Å²) in [7, 11) is -9.92. The van der Waals surface area contributed by atoms with Crippen molar-refractivity contribution in [2.45, 2.75) is 426 Å². The number of phosphoric acid groups is 2. The fourth-order valence-corrected chi connectivity index (χ4v) is 13.7. The van der Waals surface area contributed by atoms with E-state index in [0.29, 0.717) is 25.7 Å². The Bertz CT molecular complexity index is 1900. The van der Waals surface area contributed by atoms with E-state index in [1.165, 1.54) is 218 Å². The first-order chi connectivity index (χ1) is 47.2. The number of carbonyl (C=O) groups excluding carboxylic acids is 4. The molecule has 0 aliphatic carbocycles. The number of hydrogen-bond donors (Lipinski definition) is 3. The van der Waals surface area contributed by atoms with Crippen LogP contribution in [-0.2, 0) is 65.4 Å². The van der Waals surface area contributed by atoms with Gasteiger partial charge in [-0.1, -0.05) is 357 Å². The highest BCUT2D eigenvalue weighted by Crippen LogP contribution is 2.45. The summed E-state index contributed by atoms with van der Waals surface area (Å²) < 4.78 is 68.6. The number of aliphatic hydroxyl groups excluding tert-OH is 1. The van der Waals surface area contributed by atoms with Gasteiger partial charge in [0.25, 0.3) is 0 Å². The predicted molar refractivity (Wildman–Crippen MR) is 400 cm³/mol. The van der Waals surface area contributed by atoms with Gasteiger partial charge in [-0.3, -0.25) is 37.3 Å². The summed E-state index contributed by atoms with van der Waals surface area (Å²) in [4.78, 5) is 72.9. The third-order valence-corrected chi connectivity index (χ3v) is 20.3. The van der Waals surface area contributed by atoms with Crippen LogP contribution < -0.4 is 0 Å². The molecule has 19 heteroatoms. The maximum absolute atomic E-state index is 13.1. The smallest absolute Gasteiger partial charge is 0.462 e. The van der Waals surface area contributed by atoms with Crippen LogP contribution in [0.4, 0.5) is 0 Å². The average molecular weight is 1440 g/mol. The van der Waals surface area contributed by atoms with Crippen LogP contribution in [0.1, 0.15) is 408 Å². The molecule has 582 valence electrons. The SMILES string of the molecule is CCCCCCCCCCCCCC(=O)OC[C@H](COP(=O)(O)OC[C@H](O)COP(=O)(O)OC[C@@H](COC(=O)CCCCCCCCCCCCCCCCC(C)C)OC(=O)CCCCCCCCCCCCCCCCCCC(C)C)OC(=O)CCCCCCCCCCC(C)C. The molecule has 0 aromatic carbocycles. The lowest BCUT2D eigenvalue weighted by molar-refractivity contribution is -0.161. The van der Waals surface area contributed by atoms with E-state index in [1.807, 2.05) is 0 Å². The molecule has 0 aliphatic rings. The Morgan fingerprint density at radius 1 is 0.276 bits per heavy atom. The number of hydrogen-bond acceptors (Lipinski definition) is 15. The summed E-state index contributed by atoms with van der Waals surface area (Å²) in [5.74, 6) is 0.212. The van der Waals surface area contributed by atoms with Crippen molar-refractivity contribution >= 4 is 39.5 Å². The van der Waals surface area contributed by atoms with Gasteiger partial charge >= 0.3 is 39.5 Å². The zero-order chi connectivity index (χ0) is 72.3. The van der Waals surface area contributed by atoms with Gasteiger partial charge in [-0.15, -0.1) is 0 Å². The summed E-state index contributed by atoms with van der Waals surface area (Å²) in [5, 5.41) is 10.6. The molecular formula is C79H154O17P2. The van der Waals surface area contributed by atoms with Crippen molar-refractivity contribution in [1.29, 1.82) is 0 Å². The van der Waals surface area contributed by atoms with Gasteiger partial charge in [0.1, 0.15) is 19.3 Å². The van der Waals surface area contributed by atoms with E-state index in [1.54, 1.807) is 0 Å². The van der Waals surface area contributed by atoms with Gasteiger partial charge < -0.3 is 33.8 Å². The van der Waals surface area contributed by atoms with E-state index in [2.05, 4.69) is 48.5 Å². The third kappa shape index (κ3) is 72.4. The van der Waals surface area contributed by atoms with Crippen molar-refractivity contribution in [1.82, 2.24) is 0 Å². The highest BCUT2D eigenvalue weighted by molar-refractivity contribution is 7.47. The number of phosphoric ester groups is 2. The van der Waals surface area contributed by atoms with Crippen molar-refractivity contribution in [3.05, 3.63) is 0 Å². The summed E-state index contributed by atoms with van der Waals surface area (Å²) in [6.45, 7) is 11.9. The van der Waals surface area contributed by atoms with Crippen LogP contribution in [0, 0.1) is 17.8 Å².